The van der Waals surface area contributed by atoms with Crippen LogP contribution in [-0.2, 0) is 9.53 Å². The number of pyridine rings is 1. The number of carbonyl (C=O) groups excluding carboxylic acids is 2. The molecule has 140 valence electrons. The fourth-order valence-corrected chi connectivity index (χ4v) is 4.24. The summed E-state index contributed by atoms with van der Waals surface area (Å²) in [5, 5.41) is 2.93. The number of aromatic nitrogens is 1. The average molecular weight is 361 g/mol. The van der Waals surface area contributed by atoms with Crippen molar-refractivity contribution < 1.29 is 18.7 Å². The van der Waals surface area contributed by atoms with Gasteiger partial charge in [0.1, 0.15) is 5.60 Å². The van der Waals surface area contributed by atoms with Crippen LogP contribution in [0, 0.1) is 5.92 Å². The number of alkyl halides is 1. The van der Waals surface area contributed by atoms with Crippen molar-refractivity contribution in [3.05, 3.63) is 30.1 Å². The van der Waals surface area contributed by atoms with Gasteiger partial charge in [-0.1, -0.05) is 0 Å². The molecular formula is C19H24FN3O3. The van der Waals surface area contributed by atoms with Crippen LogP contribution in [0.5, 0.6) is 0 Å². The summed E-state index contributed by atoms with van der Waals surface area (Å²) < 4.78 is 20.3. The molecule has 1 unspecified atom stereocenters. The predicted octanol–water partition coefficient (Wildman–Crippen LogP) is 1.71. The molecule has 0 aromatic carbocycles. The van der Waals surface area contributed by atoms with E-state index in [2.05, 4.69) is 10.3 Å². The molecule has 3 aliphatic rings. The number of likely N-dealkylation sites (tertiary alicyclic amines) is 1. The third kappa shape index (κ3) is 2.98. The molecule has 6 nitrogen and oxygen atoms in total. The zero-order valence-electron chi connectivity index (χ0n) is 14.7. The van der Waals surface area contributed by atoms with E-state index in [1.165, 1.54) is 0 Å². The Kier molecular flexibility index (Phi) is 4.42. The topological polar surface area (TPSA) is 71.5 Å². The molecule has 2 aliphatic heterocycles. The smallest absolute Gasteiger partial charge is 0.260 e. The van der Waals surface area contributed by atoms with E-state index in [9.17, 15) is 14.0 Å². The first kappa shape index (κ1) is 17.4. The SMILES string of the molecule is O=C(NCCC1CCOC12CN(C(=O)C1(F)CCC1)C2)c1ccncc1. The van der Waals surface area contributed by atoms with E-state index in [1.54, 1.807) is 29.4 Å². The van der Waals surface area contributed by atoms with Crippen LogP contribution in [0.25, 0.3) is 0 Å². The van der Waals surface area contributed by atoms with Crippen LogP contribution in [0.1, 0.15) is 42.5 Å². The predicted molar refractivity (Wildman–Crippen MR) is 92.2 cm³/mol. The van der Waals surface area contributed by atoms with Crippen molar-refractivity contribution in [1.82, 2.24) is 15.2 Å². The zero-order chi connectivity index (χ0) is 18.2. The molecule has 0 bridgehead atoms. The number of rotatable bonds is 5. The van der Waals surface area contributed by atoms with E-state index < -0.39 is 5.67 Å². The Bertz CT molecular complexity index is 687. The van der Waals surface area contributed by atoms with Crippen molar-refractivity contribution in [2.75, 3.05) is 26.2 Å². The lowest BCUT2D eigenvalue weighted by Gasteiger charge is -2.52. The van der Waals surface area contributed by atoms with Crippen molar-refractivity contribution in [1.29, 1.82) is 0 Å². The molecular weight excluding hydrogens is 337 g/mol. The number of hydrogen-bond donors (Lipinski definition) is 1. The highest BCUT2D eigenvalue weighted by molar-refractivity contribution is 5.93. The van der Waals surface area contributed by atoms with Crippen LogP contribution >= 0.6 is 0 Å². The average Bonchev–Trinajstić information content (AvgIpc) is 3.02. The number of halogens is 1. The number of ether oxygens (including phenoxy) is 1. The van der Waals surface area contributed by atoms with E-state index in [-0.39, 0.29) is 23.3 Å². The van der Waals surface area contributed by atoms with Crippen molar-refractivity contribution in [2.24, 2.45) is 5.92 Å². The summed E-state index contributed by atoms with van der Waals surface area (Å²) in [6, 6.07) is 3.36. The van der Waals surface area contributed by atoms with Crippen LogP contribution < -0.4 is 5.32 Å². The first-order valence-corrected chi connectivity index (χ1v) is 9.33. The van der Waals surface area contributed by atoms with Crippen molar-refractivity contribution in [3.8, 4) is 0 Å². The first-order chi connectivity index (χ1) is 12.5. The van der Waals surface area contributed by atoms with E-state index in [0.717, 1.165) is 19.3 Å². The van der Waals surface area contributed by atoms with Crippen molar-refractivity contribution >= 4 is 11.8 Å². The maximum absolute atomic E-state index is 14.3. The second kappa shape index (κ2) is 6.61. The maximum Gasteiger partial charge on any atom is 0.260 e. The molecule has 4 rings (SSSR count). The first-order valence-electron chi connectivity index (χ1n) is 9.33. The number of carbonyl (C=O) groups is 2. The highest BCUT2D eigenvalue weighted by Gasteiger charge is 2.58. The molecule has 1 atom stereocenters. The van der Waals surface area contributed by atoms with Crippen LogP contribution in [0.15, 0.2) is 24.5 Å². The van der Waals surface area contributed by atoms with Gasteiger partial charge in [0.15, 0.2) is 5.67 Å². The number of amides is 2. The Morgan fingerprint density at radius 2 is 2.04 bits per heavy atom. The van der Waals surface area contributed by atoms with Gasteiger partial charge in [0.05, 0.1) is 13.1 Å². The van der Waals surface area contributed by atoms with Gasteiger partial charge in [-0.25, -0.2) is 4.39 Å². The van der Waals surface area contributed by atoms with Gasteiger partial charge in [0.25, 0.3) is 11.8 Å². The standard InChI is InChI=1S/C19H24FN3O3/c20-18(6-1-7-18)17(25)23-12-19(13-23)15(5-11-26-19)4-10-22-16(24)14-2-8-21-9-3-14/h2-3,8-9,15H,1,4-7,10-13H2,(H,22,24). The van der Waals surface area contributed by atoms with Gasteiger partial charge in [-0.2, -0.15) is 0 Å². The fraction of sp³-hybridized carbons (Fsp3) is 0.632. The maximum atomic E-state index is 14.3. The van der Waals surface area contributed by atoms with Gasteiger partial charge < -0.3 is 15.0 Å². The summed E-state index contributed by atoms with van der Waals surface area (Å²) in [6.07, 6.45) is 6.37. The molecule has 3 heterocycles. The molecule has 0 radical (unpaired) electrons. The molecule has 2 saturated heterocycles. The molecule has 26 heavy (non-hydrogen) atoms. The molecule has 1 aromatic heterocycles. The van der Waals surface area contributed by atoms with Gasteiger partial charge in [-0.15, -0.1) is 0 Å². The van der Waals surface area contributed by atoms with E-state index >= 15 is 0 Å². The molecule has 3 fully saturated rings. The molecule has 1 aromatic rings. The van der Waals surface area contributed by atoms with Crippen LogP contribution in [0.2, 0.25) is 0 Å². The van der Waals surface area contributed by atoms with E-state index in [0.29, 0.717) is 44.6 Å². The Hall–Kier alpha value is -2.02. The Balaban J connectivity index is 1.27. The number of nitrogens with zero attached hydrogens (tertiary/aromatic N) is 2. The summed E-state index contributed by atoms with van der Waals surface area (Å²) in [4.78, 5) is 29.9. The molecule has 1 saturated carbocycles. The van der Waals surface area contributed by atoms with Crippen molar-refractivity contribution in [3.63, 3.8) is 0 Å². The third-order valence-corrected chi connectivity index (χ3v) is 6.05. The minimum atomic E-state index is -1.63. The van der Waals surface area contributed by atoms with E-state index in [4.69, 9.17) is 4.74 Å². The quantitative estimate of drug-likeness (QED) is 0.867. The number of nitrogens with one attached hydrogen (secondary N) is 1. The minimum Gasteiger partial charge on any atom is -0.371 e. The molecule has 1 spiro atoms. The van der Waals surface area contributed by atoms with Gasteiger partial charge >= 0.3 is 0 Å². The lowest BCUT2D eigenvalue weighted by molar-refractivity contribution is -0.180. The Morgan fingerprint density at radius 1 is 1.31 bits per heavy atom. The fourth-order valence-electron chi connectivity index (χ4n) is 4.24. The zero-order valence-corrected chi connectivity index (χ0v) is 14.7. The third-order valence-electron chi connectivity index (χ3n) is 6.05. The van der Waals surface area contributed by atoms with Gasteiger partial charge in [0, 0.05) is 31.1 Å². The molecule has 2 amide bonds. The summed E-state index contributed by atoms with van der Waals surface area (Å²) in [5.41, 5.74) is -1.39. The van der Waals surface area contributed by atoms with Gasteiger partial charge in [0.2, 0.25) is 0 Å². The molecule has 7 heteroatoms. The van der Waals surface area contributed by atoms with Crippen LogP contribution in [0.4, 0.5) is 4.39 Å². The van der Waals surface area contributed by atoms with Crippen LogP contribution in [-0.4, -0.2) is 59.2 Å². The highest BCUT2D eigenvalue weighted by atomic mass is 19.1. The molecule has 1 N–H and O–H groups in total. The number of hydrogen-bond acceptors (Lipinski definition) is 4. The molecule has 1 aliphatic carbocycles. The Morgan fingerprint density at radius 3 is 2.69 bits per heavy atom. The van der Waals surface area contributed by atoms with Crippen LogP contribution in [0.3, 0.4) is 0 Å². The van der Waals surface area contributed by atoms with Gasteiger partial charge in [-0.3, -0.25) is 14.6 Å². The second-order valence-corrected chi connectivity index (χ2v) is 7.66. The normalized spacial score (nSPS) is 25.4. The lowest BCUT2D eigenvalue weighted by Crippen LogP contribution is -2.69. The highest BCUT2D eigenvalue weighted by Crippen LogP contribution is 2.45. The summed E-state index contributed by atoms with van der Waals surface area (Å²) in [7, 11) is 0. The Labute approximate surface area is 152 Å². The summed E-state index contributed by atoms with van der Waals surface area (Å²) in [6.45, 7) is 2.16. The summed E-state index contributed by atoms with van der Waals surface area (Å²) in [5.74, 6) is -0.203. The van der Waals surface area contributed by atoms with Crippen molar-refractivity contribution in [2.45, 2.75) is 43.4 Å². The lowest BCUT2D eigenvalue weighted by atomic mass is 9.75. The largest absolute Gasteiger partial charge is 0.371 e. The van der Waals surface area contributed by atoms with E-state index in [1.807, 2.05) is 0 Å². The minimum absolute atomic E-state index is 0.116. The monoisotopic (exact) mass is 361 g/mol. The van der Waals surface area contributed by atoms with Gasteiger partial charge in [-0.05, 0) is 50.2 Å². The summed E-state index contributed by atoms with van der Waals surface area (Å²) >= 11 is 0. The second-order valence-electron chi connectivity index (χ2n) is 7.66.